The Bertz CT molecular complexity index is 491. The van der Waals surface area contributed by atoms with Crippen LogP contribution in [0.25, 0.3) is 6.08 Å². The third kappa shape index (κ3) is 3.48. The molecule has 3 N–H and O–H groups in total. The van der Waals surface area contributed by atoms with Crippen LogP contribution in [-0.4, -0.2) is 54.0 Å². The zero-order valence-electron chi connectivity index (χ0n) is 11.0. The van der Waals surface area contributed by atoms with Gasteiger partial charge >= 0.3 is 0 Å². The van der Waals surface area contributed by atoms with Crippen LogP contribution in [0, 0.1) is 0 Å². The highest BCUT2D eigenvalue weighted by Gasteiger charge is 2.16. The first kappa shape index (κ1) is 13.4. The number of carbonyl (C=O) groups is 1. The number of hydrogen-bond acceptors (Lipinski definition) is 4. The molecule has 0 radical (unpaired) electrons. The molecule has 0 unspecified atom stereocenters. The van der Waals surface area contributed by atoms with Gasteiger partial charge in [0.05, 0.1) is 0 Å². The lowest BCUT2D eigenvalue weighted by Crippen LogP contribution is -2.46. The van der Waals surface area contributed by atoms with Crippen LogP contribution < -0.4 is 5.73 Å². The van der Waals surface area contributed by atoms with Crippen molar-refractivity contribution in [1.82, 2.24) is 9.80 Å². The van der Waals surface area contributed by atoms with Gasteiger partial charge in [0.25, 0.3) is 0 Å². The van der Waals surface area contributed by atoms with Crippen molar-refractivity contribution in [3.8, 4) is 5.75 Å². The molecule has 1 saturated heterocycles. The topological polar surface area (TPSA) is 69.8 Å². The molecule has 0 bridgehead atoms. The van der Waals surface area contributed by atoms with E-state index in [4.69, 9.17) is 5.73 Å². The number of nitrogens with two attached hydrogens (primary N) is 1. The molecule has 19 heavy (non-hydrogen) atoms. The molecule has 0 atom stereocenters. The van der Waals surface area contributed by atoms with E-state index in [1.807, 2.05) is 7.05 Å². The van der Waals surface area contributed by atoms with Crippen molar-refractivity contribution in [3.63, 3.8) is 0 Å². The molecule has 2 rings (SSSR count). The summed E-state index contributed by atoms with van der Waals surface area (Å²) in [6.07, 6.45) is 3.09. The first-order valence-electron chi connectivity index (χ1n) is 6.30. The average Bonchev–Trinajstić information content (AvgIpc) is 2.40. The van der Waals surface area contributed by atoms with Crippen LogP contribution >= 0.6 is 0 Å². The summed E-state index contributed by atoms with van der Waals surface area (Å²) in [6.45, 7) is 3.26. The first-order valence-corrected chi connectivity index (χ1v) is 6.30. The van der Waals surface area contributed by atoms with Gasteiger partial charge < -0.3 is 20.6 Å². The minimum Gasteiger partial charge on any atom is -0.507 e. The summed E-state index contributed by atoms with van der Waals surface area (Å²) >= 11 is 0. The summed E-state index contributed by atoms with van der Waals surface area (Å²) in [4.78, 5) is 16.0. The van der Waals surface area contributed by atoms with Gasteiger partial charge in [-0.3, -0.25) is 4.79 Å². The highest BCUT2D eigenvalue weighted by molar-refractivity contribution is 5.92. The van der Waals surface area contributed by atoms with E-state index in [1.54, 1.807) is 23.1 Å². The molecule has 1 aliphatic heterocycles. The van der Waals surface area contributed by atoms with Gasteiger partial charge in [-0.15, -0.1) is 0 Å². The molecule has 1 aromatic rings. The molecule has 1 heterocycles. The lowest BCUT2D eigenvalue weighted by atomic mass is 10.1. The molecule has 5 heteroatoms. The van der Waals surface area contributed by atoms with E-state index in [2.05, 4.69) is 4.90 Å². The highest BCUT2D eigenvalue weighted by atomic mass is 16.3. The normalized spacial score (nSPS) is 17.0. The molecule has 1 fully saturated rings. The van der Waals surface area contributed by atoms with Gasteiger partial charge in [-0.05, 0) is 31.3 Å². The van der Waals surface area contributed by atoms with E-state index < -0.39 is 0 Å². The number of nitrogens with zero attached hydrogens (tertiary/aromatic N) is 2. The van der Waals surface area contributed by atoms with Crippen LogP contribution in [0.1, 0.15) is 5.56 Å². The number of aromatic hydroxyl groups is 1. The molecule has 0 saturated carbocycles. The SMILES string of the molecule is CN1CCN(C(=O)C=Cc2cc(N)ccc2O)CC1. The molecule has 1 amide bonds. The summed E-state index contributed by atoms with van der Waals surface area (Å²) in [5.41, 5.74) is 6.76. The number of likely N-dealkylation sites (N-methyl/N-ethyl adjacent to an activating group) is 1. The fourth-order valence-electron chi connectivity index (χ4n) is 2.00. The quantitative estimate of drug-likeness (QED) is 0.468. The van der Waals surface area contributed by atoms with Gasteiger partial charge in [0, 0.05) is 43.5 Å². The maximum Gasteiger partial charge on any atom is 0.246 e. The van der Waals surface area contributed by atoms with Crippen LogP contribution in [-0.2, 0) is 4.79 Å². The van der Waals surface area contributed by atoms with Crippen molar-refractivity contribution >= 4 is 17.7 Å². The number of benzene rings is 1. The second-order valence-electron chi connectivity index (χ2n) is 4.78. The monoisotopic (exact) mass is 261 g/mol. The molecule has 102 valence electrons. The van der Waals surface area contributed by atoms with E-state index in [-0.39, 0.29) is 11.7 Å². The van der Waals surface area contributed by atoms with Gasteiger partial charge in [-0.25, -0.2) is 0 Å². The largest absolute Gasteiger partial charge is 0.507 e. The fraction of sp³-hybridized carbons (Fsp3) is 0.357. The Morgan fingerprint density at radius 2 is 2.00 bits per heavy atom. The van der Waals surface area contributed by atoms with E-state index in [1.165, 1.54) is 12.1 Å². The molecule has 0 aliphatic carbocycles. The van der Waals surface area contributed by atoms with Crippen molar-refractivity contribution in [2.24, 2.45) is 0 Å². The van der Waals surface area contributed by atoms with E-state index in [0.717, 1.165) is 26.2 Å². The van der Waals surface area contributed by atoms with Crippen molar-refractivity contribution < 1.29 is 9.90 Å². The average molecular weight is 261 g/mol. The second-order valence-corrected chi connectivity index (χ2v) is 4.78. The Kier molecular flexibility index (Phi) is 4.06. The predicted molar refractivity (Wildman–Crippen MR) is 75.6 cm³/mol. The van der Waals surface area contributed by atoms with Crippen LogP contribution in [0.15, 0.2) is 24.3 Å². The molecular weight excluding hydrogens is 242 g/mol. The van der Waals surface area contributed by atoms with E-state index in [9.17, 15) is 9.90 Å². The summed E-state index contributed by atoms with van der Waals surface area (Å²) in [5.74, 6) is 0.0894. The molecule has 5 nitrogen and oxygen atoms in total. The highest BCUT2D eigenvalue weighted by Crippen LogP contribution is 2.21. The lowest BCUT2D eigenvalue weighted by molar-refractivity contribution is -0.127. The fourth-order valence-corrected chi connectivity index (χ4v) is 2.00. The minimum atomic E-state index is -0.0325. The zero-order chi connectivity index (χ0) is 13.8. The van der Waals surface area contributed by atoms with Gasteiger partial charge in [0.15, 0.2) is 0 Å². The Morgan fingerprint density at radius 3 is 2.68 bits per heavy atom. The number of amides is 1. The second kappa shape index (κ2) is 5.75. The summed E-state index contributed by atoms with van der Waals surface area (Å²) in [5, 5.41) is 9.65. The third-order valence-electron chi connectivity index (χ3n) is 3.27. The Morgan fingerprint density at radius 1 is 1.32 bits per heavy atom. The van der Waals surface area contributed by atoms with E-state index >= 15 is 0 Å². The van der Waals surface area contributed by atoms with Crippen molar-refractivity contribution in [3.05, 3.63) is 29.8 Å². The smallest absolute Gasteiger partial charge is 0.246 e. The number of anilines is 1. The number of nitrogen functional groups attached to an aromatic ring is 1. The van der Waals surface area contributed by atoms with Crippen LogP contribution in [0.4, 0.5) is 5.69 Å². The molecule has 0 spiro atoms. The minimum absolute atomic E-state index is 0.0325. The van der Waals surface area contributed by atoms with Gasteiger partial charge in [0.1, 0.15) is 5.75 Å². The summed E-state index contributed by atoms with van der Waals surface area (Å²) < 4.78 is 0. The number of piperazine rings is 1. The first-order chi connectivity index (χ1) is 9.06. The van der Waals surface area contributed by atoms with Crippen molar-refractivity contribution in [2.75, 3.05) is 39.0 Å². The summed E-state index contributed by atoms with van der Waals surface area (Å²) in [7, 11) is 2.04. The Hall–Kier alpha value is -2.01. The number of rotatable bonds is 2. The van der Waals surface area contributed by atoms with Gasteiger partial charge in [-0.1, -0.05) is 0 Å². The van der Waals surface area contributed by atoms with Gasteiger partial charge in [-0.2, -0.15) is 0 Å². The number of hydrogen-bond donors (Lipinski definition) is 2. The predicted octanol–water partition coefficient (Wildman–Crippen LogP) is 0.762. The zero-order valence-corrected chi connectivity index (χ0v) is 11.0. The number of phenols is 1. The number of phenolic OH excluding ortho intramolecular Hbond substituents is 1. The Labute approximate surface area is 112 Å². The molecule has 0 aromatic heterocycles. The van der Waals surface area contributed by atoms with Crippen LogP contribution in [0.2, 0.25) is 0 Å². The standard InChI is InChI=1S/C14H19N3O2/c1-16-6-8-17(9-7-16)14(19)5-2-11-10-12(15)3-4-13(11)18/h2-5,10,18H,6-9,15H2,1H3. The van der Waals surface area contributed by atoms with Crippen LogP contribution in [0.5, 0.6) is 5.75 Å². The van der Waals surface area contributed by atoms with Crippen molar-refractivity contribution in [1.29, 1.82) is 0 Å². The number of carbonyl (C=O) groups excluding carboxylic acids is 1. The van der Waals surface area contributed by atoms with Gasteiger partial charge in [0.2, 0.25) is 5.91 Å². The van der Waals surface area contributed by atoms with Crippen LogP contribution in [0.3, 0.4) is 0 Å². The summed E-state index contributed by atoms with van der Waals surface area (Å²) in [6, 6.07) is 4.79. The molecule has 1 aliphatic rings. The van der Waals surface area contributed by atoms with E-state index in [0.29, 0.717) is 11.3 Å². The molecule has 1 aromatic carbocycles. The Balaban J connectivity index is 2.02. The maximum atomic E-state index is 12.0. The maximum absolute atomic E-state index is 12.0. The van der Waals surface area contributed by atoms with Crippen molar-refractivity contribution in [2.45, 2.75) is 0 Å². The molecular formula is C14H19N3O2. The third-order valence-corrected chi connectivity index (χ3v) is 3.27. The lowest BCUT2D eigenvalue weighted by Gasteiger charge is -2.31.